The minimum Gasteiger partial charge on any atom is -0.284 e. The number of H-pyrrole nitrogens is 1. The van der Waals surface area contributed by atoms with Gasteiger partial charge >= 0.3 is 6.18 Å². The average Bonchev–Trinajstić information content (AvgIpc) is 3.27. The van der Waals surface area contributed by atoms with Gasteiger partial charge in [-0.1, -0.05) is 42.5 Å². The normalized spacial score (nSPS) is 12.3. The third-order valence-corrected chi connectivity index (χ3v) is 5.39. The molecule has 0 spiro atoms. The number of nitrogens with zero attached hydrogens (tertiary/aromatic N) is 3. The molecule has 2 aromatic heterocycles. The Hall–Kier alpha value is -3.20. The number of thiazole rings is 1. The van der Waals surface area contributed by atoms with Crippen LogP contribution < -0.4 is 5.56 Å². The van der Waals surface area contributed by atoms with E-state index in [1.165, 1.54) is 0 Å². The van der Waals surface area contributed by atoms with Crippen molar-refractivity contribution in [3.63, 3.8) is 0 Å². The first-order valence-corrected chi connectivity index (χ1v) is 9.59. The fourth-order valence-electron chi connectivity index (χ4n) is 2.83. The van der Waals surface area contributed by atoms with E-state index in [1.54, 1.807) is 36.4 Å². The number of aromatic amines is 1. The number of hydrogen-bond acceptors (Lipinski definition) is 4. The maximum absolute atomic E-state index is 13.5. The van der Waals surface area contributed by atoms with Crippen LogP contribution in [0, 0.1) is 0 Å². The number of fused-ring (bicyclic) bond motifs is 1. The summed E-state index contributed by atoms with van der Waals surface area (Å²) in [5.74, 6) is 0. The third kappa shape index (κ3) is 3.73. The van der Waals surface area contributed by atoms with Gasteiger partial charge in [-0.05, 0) is 36.2 Å². The molecule has 0 saturated carbocycles. The number of aryl methyl sites for hydroxylation is 1. The van der Waals surface area contributed by atoms with Gasteiger partial charge in [-0.3, -0.25) is 14.9 Å². The first kappa shape index (κ1) is 19.1. The van der Waals surface area contributed by atoms with E-state index in [9.17, 15) is 18.0 Å². The number of alkyl halides is 3. The van der Waals surface area contributed by atoms with E-state index in [-0.39, 0.29) is 5.13 Å². The first-order chi connectivity index (χ1) is 13.9. The first-order valence-electron chi connectivity index (χ1n) is 8.78. The lowest BCUT2D eigenvalue weighted by atomic mass is 10.1. The molecule has 29 heavy (non-hydrogen) atoms. The summed E-state index contributed by atoms with van der Waals surface area (Å²) in [6.45, 7) is 2.00. The number of nitrogens with one attached hydrogen (secondary N) is 1. The monoisotopic (exact) mass is 416 g/mol. The maximum atomic E-state index is 13.5. The molecule has 0 saturated heterocycles. The maximum Gasteiger partial charge on any atom is 0.433 e. The Morgan fingerprint density at radius 1 is 1.17 bits per heavy atom. The van der Waals surface area contributed by atoms with E-state index in [4.69, 9.17) is 0 Å². The summed E-state index contributed by atoms with van der Waals surface area (Å²) < 4.78 is 42.2. The summed E-state index contributed by atoms with van der Waals surface area (Å²) in [6.07, 6.45) is -2.95. The van der Waals surface area contributed by atoms with Crippen molar-refractivity contribution in [1.29, 1.82) is 0 Å². The van der Waals surface area contributed by atoms with Crippen LogP contribution in [0.2, 0.25) is 0 Å². The molecule has 5 nitrogen and oxygen atoms in total. The van der Waals surface area contributed by atoms with Crippen LogP contribution in [0.5, 0.6) is 0 Å². The highest BCUT2D eigenvalue weighted by molar-refractivity contribution is 7.20. The molecule has 148 valence electrons. The number of aliphatic imine (C=N–C) groups is 1. The number of hydrogen-bond donors (Lipinski definition) is 1. The van der Waals surface area contributed by atoms with E-state index in [0.717, 1.165) is 38.9 Å². The van der Waals surface area contributed by atoms with Gasteiger partial charge in [0.1, 0.15) is 0 Å². The van der Waals surface area contributed by atoms with E-state index >= 15 is 0 Å². The van der Waals surface area contributed by atoms with Crippen LogP contribution in [0.3, 0.4) is 0 Å². The number of halogens is 3. The van der Waals surface area contributed by atoms with Crippen molar-refractivity contribution in [3.05, 3.63) is 75.7 Å². The third-order valence-electron chi connectivity index (χ3n) is 4.37. The summed E-state index contributed by atoms with van der Waals surface area (Å²) in [5, 5.41) is 2.29. The van der Waals surface area contributed by atoms with Crippen molar-refractivity contribution in [1.82, 2.24) is 14.8 Å². The minimum absolute atomic E-state index is 0.133. The van der Waals surface area contributed by atoms with Crippen LogP contribution in [-0.4, -0.2) is 21.0 Å². The van der Waals surface area contributed by atoms with Crippen LogP contribution in [0.4, 0.5) is 18.9 Å². The SMILES string of the molecule is CCc1ccc(N=Cc2c(C(F)(F)F)[nH]n(-c3nc4ccccc4s3)c2=O)cc1. The van der Waals surface area contributed by atoms with Gasteiger partial charge in [-0.2, -0.15) is 17.9 Å². The van der Waals surface area contributed by atoms with E-state index in [2.05, 4.69) is 15.1 Å². The molecule has 4 rings (SSSR count). The van der Waals surface area contributed by atoms with Crippen LogP contribution in [0.15, 0.2) is 58.3 Å². The summed E-state index contributed by atoms with van der Waals surface area (Å²) in [7, 11) is 0. The minimum atomic E-state index is -4.74. The summed E-state index contributed by atoms with van der Waals surface area (Å²) in [5.41, 5.74) is -0.423. The summed E-state index contributed by atoms with van der Waals surface area (Å²) in [4.78, 5) is 21.1. The molecule has 0 aliphatic heterocycles. The second kappa shape index (κ2) is 7.32. The zero-order valence-corrected chi connectivity index (χ0v) is 16.0. The van der Waals surface area contributed by atoms with Gasteiger partial charge in [-0.25, -0.2) is 4.98 Å². The standard InChI is InChI=1S/C20H15F3N4OS/c1-2-12-7-9-13(10-8-12)24-11-14-17(20(21,22)23)26-27(18(14)28)19-25-15-5-3-4-6-16(15)29-19/h3-11,26H,2H2,1H3. The molecule has 2 heterocycles. The molecule has 0 aliphatic rings. The predicted octanol–water partition coefficient (Wildman–Crippen LogP) is 5.11. The number of para-hydroxylation sites is 1. The summed E-state index contributed by atoms with van der Waals surface area (Å²) in [6, 6.07) is 14.2. The Morgan fingerprint density at radius 2 is 1.90 bits per heavy atom. The highest BCUT2D eigenvalue weighted by Crippen LogP contribution is 2.30. The van der Waals surface area contributed by atoms with Crippen molar-refractivity contribution in [2.24, 2.45) is 4.99 Å². The molecule has 0 radical (unpaired) electrons. The molecule has 4 aromatic rings. The molecule has 0 atom stereocenters. The van der Waals surface area contributed by atoms with E-state index in [0.29, 0.717) is 11.2 Å². The molecule has 0 amide bonds. The van der Waals surface area contributed by atoms with Crippen molar-refractivity contribution < 1.29 is 13.2 Å². The predicted molar refractivity (Wildman–Crippen MR) is 108 cm³/mol. The number of aromatic nitrogens is 3. The Kier molecular flexibility index (Phi) is 4.83. The molecule has 1 N–H and O–H groups in total. The molecular formula is C20H15F3N4OS. The zero-order valence-electron chi connectivity index (χ0n) is 15.2. The van der Waals surface area contributed by atoms with Gasteiger partial charge in [0.2, 0.25) is 5.13 Å². The molecular weight excluding hydrogens is 401 g/mol. The Morgan fingerprint density at radius 3 is 2.55 bits per heavy atom. The van der Waals surface area contributed by atoms with Crippen molar-refractivity contribution in [2.45, 2.75) is 19.5 Å². The smallest absolute Gasteiger partial charge is 0.284 e. The van der Waals surface area contributed by atoms with Gasteiger partial charge in [0.05, 0.1) is 21.5 Å². The number of benzene rings is 2. The van der Waals surface area contributed by atoms with Crippen LogP contribution in [-0.2, 0) is 12.6 Å². The van der Waals surface area contributed by atoms with Gasteiger partial charge in [-0.15, -0.1) is 0 Å². The highest BCUT2D eigenvalue weighted by Gasteiger charge is 2.38. The van der Waals surface area contributed by atoms with Crippen LogP contribution in [0.25, 0.3) is 15.3 Å². The van der Waals surface area contributed by atoms with Gasteiger partial charge in [0.25, 0.3) is 5.56 Å². The fourth-order valence-corrected chi connectivity index (χ4v) is 3.76. The van der Waals surface area contributed by atoms with E-state index in [1.807, 2.05) is 19.1 Å². The van der Waals surface area contributed by atoms with Crippen LogP contribution in [0.1, 0.15) is 23.7 Å². The molecule has 0 unspecified atom stereocenters. The average molecular weight is 416 g/mol. The second-order valence-corrected chi connectivity index (χ2v) is 7.29. The highest BCUT2D eigenvalue weighted by atomic mass is 32.1. The molecule has 9 heteroatoms. The molecule has 2 aromatic carbocycles. The lowest BCUT2D eigenvalue weighted by Crippen LogP contribution is -2.17. The lowest BCUT2D eigenvalue weighted by molar-refractivity contribution is -0.141. The van der Waals surface area contributed by atoms with Crippen molar-refractivity contribution >= 4 is 33.5 Å². The fraction of sp³-hybridized carbons (Fsp3) is 0.150. The Balaban J connectivity index is 1.80. The Labute approximate surface area is 167 Å². The zero-order chi connectivity index (χ0) is 20.6. The van der Waals surface area contributed by atoms with Crippen molar-refractivity contribution in [3.8, 4) is 5.13 Å². The van der Waals surface area contributed by atoms with Crippen molar-refractivity contribution in [2.75, 3.05) is 0 Å². The quantitative estimate of drug-likeness (QED) is 0.470. The molecule has 0 aliphatic carbocycles. The molecule has 0 fully saturated rings. The summed E-state index contributed by atoms with van der Waals surface area (Å²) >= 11 is 1.12. The van der Waals surface area contributed by atoms with Gasteiger partial charge in [0.15, 0.2) is 5.69 Å². The van der Waals surface area contributed by atoms with Gasteiger partial charge in [0, 0.05) is 6.21 Å². The topological polar surface area (TPSA) is 63.0 Å². The van der Waals surface area contributed by atoms with Gasteiger partial charge < -0.3 is 0 Å². The molecule has 0 bridgehead atoms. The van der Waals surface area contributed by atoms with Crippen LogP contribution >= 0.6 is 11.3 Å². The number of rotatable bonds is 4. The lowest BCUT2D eigenvalue weighted by Gasteiger charge is -2.03. The second-order valence-electron chi connectivity index (χ2n) is 6.28. The van der Waals surface area contributed by atoms with E-state index < -0.39 is 23.0 Å². The largest absolute Gasteiger partial charge is 0.433 e. The Bertz CT molecular complexity index is 1220.